The van der Waals surface area contributed by atoms with Crippen molar-refractivity contribution in [1.29, 1.82) is 0 Å². The number of hydrazone groups is 1. The number of nitrogens with one attached hydrogen (secondary N) is 4. The normalized spacial score (nSPS) is 10.9. The molecule has 178 valence electrons. The zero-order valence-electron chi connectivity index (χ0n) is 19.5. The molecular formula is C26H26N6O2S. The molecule has 2 aromatic carbocycles. The summed E-state index contributed by atoms with van der Waals surface area (Å²) in [4.78, 5) is 20.0. The van der Waals surface area contributed by atoms with Crippen LogP contribution in [0, 0.1) is 6.92 Å². The maximum absolute atomic E-state index is 12.5. The molecule has 0 aliphatic rings. The van der Waals surface area contributed by atoms with Crippen molar-refractivity contribution in [3.8, 4) is 5.75 Å². The summed E-state index contributed by atoms with van der Waals surface area (Å²) in [6, 6.07) is 16.8. The molecule has 0 bridgehead atoms. The molecule has 9 heteroatoms. The minimum Gasteiger partial charge on any atom is -0.497 e. The first-order valence-electron chi connectivity index (χ1n) is 11.1. The van der Waals surface area contributed by atoms with E-state index in [1.54, 1.807) is 43.8 Å². The number of aryl methyl sites for hydroxylation is 1. The predicted octanol–water partition coefficient (Wildman–Crippen LogP) is 4.17. The van der Waals surface area contributed by atoms with E-state index in [4.69, 9.17) is 17.0 Å². The second kappa shape index (κ2) is 11.3. The van der Waals surface area contributed by atoms with Gasteiger partial charge in [0.15, 0.2) is 5.11 Å². The van der Waals surface area contributed by atoms with E-state index in [0.717, 1.165) is 39.2 Å². The average Bonchev–Trinajstić information content (AvgIpc) is 3.27. The minimum atomic E-state index is -0.134. The molecule has 2 heterocycles. The summed E-state index contributed by atoms with van der Waals surface area (Å²) in [6.45, 7) is 2.49. The summed E-state index contributed by atoms with van der Waals surface area (Å²) in [6.07, 6.45) is 6.04. The summed E-state index contributed by atoms with van der Waals surface area (Å²) in [5.74, 6) is 0.672. The second-order valence-electron chi connectivity index (χ2n) is 7.89. The number of carbonyl (C=O) groups excluding carboxylic acids is 1. The minimum absolute atomic E-state index is 0.134. The Kier molecular flexibility index (Phi) is 7.69. The number of rotatable bonds is 8. The van der Waals surface area contributed by atoms with Gasteiger partial charge in [0.05, 0.1) is 19.0 Å². The van der Waals surface area contributed by atoms with Crippen LogP contribution in [0.5, 0.6) is 5.75 Å². The summed E-state index contributed by atoms with van der Waals surface area (Å²) in [7, 11) is 1.65. The lowest BCUT2D eigenvalue weighted by atomic mass is 10.1. The lowest BCUT2D eigenvalue weighted by Gasteiger charge is -2.09. The number of aromatic amines is 1. The maximum atomic E-state index is 12.5. The van der Waals surface area contributed by atoms with Crippen molar-refractivity contribution in [3.05, 3.63) is 89.4 Å². The van der Waals surface area contributed by atoms with Crippen molar-refractivity contribution in [2.75, 3.05) is 19.0 Å². The average molecular weight is 487 g/mol. The Hall–Kier alpha value is -4.24. The molecule has 0 saturated carbocycles. The van der Waals surface area contributed by atoms with Gasteiger partial charge in [0.1, 0.15) is 5.75 Å². The van der Waals surface area contributed by atoms with E-state index in [-0.39, 0.29) is 5.91 Å². The lowest BCUT2D eigenvalue weighted by Crippen LogP contribution is -2.26. The van der Waals surface area contributed by atoms with Crippen molar-refractivity contribution in [1.82, 2.24) is 20.7 Å². The maximum Gasteiger partial charge on any atom is 0.251 e. The van der Waals surface area contributed by atoms with Crippen LogP contribution in [0.3, 0.4) is 0 Å². The topological polar surface area (TPSA) is 103 Å². The number of carbonyl (C=O) groups is 1. The van der Waals surface area contributed by atoms with Crippen molar-refractivity contribution in [2.45, 2.75) is 13.3 Å². The molecule has 4 rings (SSSR count). The van der Waals surface area contributed by atoms with Crippen LogP contribution < -0.4 is 20.8 Å². The summed E-state index contributed by atoms with van der Waals surface area (Å²) in [5, 5.41) is 11.5. The van der Waals surface area contributed by atoms with Crippen LogP contribution in [-0.2, 0) is 6.42 Å². The number of ether oxygens (including phenoxy) is 1. The number of methoxy groups -OCH3 is 1. The first-order valence-corrected chi connectivity index (χ1v) is 11.5. The molecule has 0 aliphatic carbocycles. The molecule has 4 aromatic rings. The molecule has 0 atom stereocenters. The van der Waals surface area contributed by atoms with E-state index in [2.05, 4.69) is 31.1 Å². The SMILES string of the molecule is COc1ccc2[nH]cc(CCNC(=O)c3ccc(NC(=S)N/N=C/c4ccc(C)cn4)cc3)c2c1. The van der Waals surface area contributed by atoms with E-state index in [9.17, 15) is 4.79 Å². The number of hydrogen-bond acceptors (Lipinski definition) is 5. The van der Waals surface area contributed by atoms with Crippen molar-refractivity contribution >= 4 is 46.0 Å². The van der Waals surface area contributed by atoms with Gasteiger partial charge in [0, 0.05) is 41.1 Å². The number of amides is 1. The zero-order chi connectivity index (χ0) is 24.6. The first kappa shape index (κ1) is 23.9. The molecule has 35 heavy (non-hydrogen) atoms. The van der Waals surface area contributed by atoms with E-state index in [1.165, 1.54) is 0 Å². The van der Waals surface area contributed by atoms with Gasteiger partial charge >= 0.3 is 0 Å². The van der Waals surface area contributed by atoms with Gasteiger partial charge in [0.2, 0.25) is 0 Å². The second-order valence-corrected chi connectivity index (χ2v) is 8.30. The number of pyridine rings is 1. The molecule has 8 nitrogen and oxygen atoms in total. The Morgan fingerprint density at radius 1 is 1.17 bits per heavy atom. The number of thiocarbonyl (C=S) groups is 1. The highest BCUT2D eigenvalue weighted by Gasteiger charge is 2.08. The van der Waals surface area contributed by atoms with E-state index in [0.29, 0.717) is 23.6 Å². The fourth-order valence-corrected chi connectivity index (χ4v) is 3.65. The molecule has 0 radical (unpaired) electrons. The van der Waals surface area contributed by atoms with Gasteiger partial charge < -0.3 is 20.4 Å². The Morgan fingerprint density at radius 2 is 2.00 bits per heavy atom. The van der Waals surface area contributed by atoms with Crippen molar-refractivity contribution in [3.63, 3.8) is 0 Å². The number of aromatic nitrogens is 2. The van der Waals surface area contributed by atoms with Crippen LogP contribution in [-0.4, -0.2) is 40.9 Å². The molecule has 0 fully saturated rings. The fraction of sp³-hybridized carbons (Fsp3) is 0.154. The molecule has 0 unspecified atom stereocenters. The molecule has 1 amide bonds. The molecule has 0 saturated heterocycles. The molecule has 0 aliphatic heterocycles. The van der Waals surface area contributed by atoms with Gasteiger partial charge in [0.25, 0.3) is 5.91 Å². The standard InChI is InChI=1S/C26H26N6O2S/c1-17-3-6-21(28-14-17)16-30-32-26(35)31-20-7-4-18(5-8-20)25(33)27-12-11-19-15-29-24-10-9-22(34-2)13-23(19)24/h3-10,13-16,29H,11-12H2,1-2H3,(H,27,33)(H2,31,32,35)/b30-16+. The highest BCUT2D eigenvalue weighted by Crippen LogP contribution is 2.23. The third kappa shape index (κ3) is 6.42. The monoisotopic (exact) mass is 486 g/mol. The molecular weight excluding hydrogens is 460 g/mol. The quantitative estimate of drug-likeness (QED) is 0.169. The smallest absolute Gasteiger partial charge is 0.251 e. The molecule has 4 N–H and O–H groups in total. The van der Waals surface area contributed by atoms with Gasteiger partial charge in [-0.25, -0.2) is 0 Å². The third-order valence-electron chi connectivity index (χ3n) is 5.36. The molecule has 0 spiro atoms. The number of fused-ring (bicyclic) bond motifs is 1. The zero-order valence-corrected chi connectivity index (χ0v) is 20.3. The van der Waals surface area contributed by atoms with Gasteiger partial charge in [-0.3, -0.25) is 15.2 Å². The van der Waals surface area contributed by atoms with Crippen LogP contribution >= 0.6 is 12.2 Å². The lowest BCUT2D eigenvalue weighted by molar-refractivity contribution is 0.0954. The number of benzene rings is 2. The first-order chi connectivity index (χ1) is 17.0. The Morgan fingerprint density at radius 3 is 2.74 bits per heavy atom. The molecule has 2 aromatic heterocycles. The Balaban J connectivity index is 1.24. The largest absolute Gasteiger partial charge is 0.497 e. The number of anilines is 1. The number of H-pyrrole nitrogens is 1. The van der Waals surface area contributed by atoms with Gasteiger partial charge in [-0.15, -0.1) is 0 Å². The van der Waals surface area contributed by atoms with Crippen LogP contribution in [0.4, 0.5) is 5.69 Å². The summed E-state index contributed by atoms with van der Waals surface area (Å²) < 4.78 is 5.31. The Bertz CT molecular complexity index is 1350. The van der Waals surface area contributed by atoms with E-state index in [1.807, 2.05) is 43.5 Å². The van der Waals surface area contributed by atoms with Crippen molar-refractivity contribution < 1.29 is 9.53 Å². The van der Waals surface area contributed by atoms with E-state index >= 15 is 0 Å². The van der Waals surface area contributed by atoms with Gasteiger partial charge in [-0.2, -0.15) is 5.10 Å². The van der Waals surface area contributed by atoms with Crippen LogP contribution in [0.2, 0.25) is 0 Å². The third-order valence-corrected chi connectivity index (χ3v) is 5.55. The van der Waals surface area contributed by atoms with E-state index < -0.39 is 0 Å². The van der Waals surface area contributed by atoms with Crippen molar-refractivity contribution in [2.24, 2.45) is 5.10 Å². The van der Waals surface area contributed by atoms with Crippen LogP contribution in [0.25, 0.3) is 10.9 Å². The summed E-state index contributed by atoms with van der Waals surface area (Å²) in [5.41, 5.74) is 8.04. The highest BCUT2D eigenvalue weighted by atomic mass is 32.1. The van der Waals surface area contributed by atoms with Crippen LogP contribution in [0.15, 0.2) is 72.1 Å². The number of hydrogen-bond donors (Lipinski definition) is 4. The van der Waals surface area contributed by atoms with Gasteiger partial charge in [-0.05, 0) is 85.2 Å². The highest BCUT2D eigenvalue weighted by molar-refractivity contribution is 7.80. The fourth-order valence-electron chi connectivity index (χ4n) is 3.48. The van der Waals surface area contributed by atoms with Gasteiger partial charge in [-0.1, -0.05) is 6.07 Å². The number of nitrogens with zero attached hydrogens (tertiary/aromatic N) is 2. The summed E-state index contributed by atoms with van der Waals surface area (Å²) >= 11 is 5.26. The Labute approximate surface area is 208 Å². The van der Waals surface area contributed by atoms with Crippen LogP contribution in [0.1, 0.15) is 27.2 Å². The predicted molar refractivity (Wildman–Crippen MR) is 143 cm³/mol.